The first kappa shape index (κ1) is 9.15. The van der Waals surface area contributed by atoms with Crippen molar-refractivity contribution in [3.63, 3.8) is 0 Å². The minimum absolute atomic E-state index is 0.474. The van der Waals surface area contributed by atoms with Gasteiger partial charge in [0.2, 0.25) is 0 Å². The van der Waals surface area contributed by atoms with Crippen LogP contribution in [0.4, 0.5) is 0 Å². The molecular formula is C9H8BrNOS. The van der Waals surface area contributed by atoms with Crippen LogP contribution in [0.5, 0.6) is 0 Å². The summed E-state index contributed by atoms with van der Waals surface area (Å²) in [5.74, 6) is 5.04. The van der Waals surface area contributed by atoms with Crippen LogP contribution in [-0.4, -0.2) is 0 Å². The van der Waals surface area contributed by atoms with Gasteiger partial charge in [-0.3, -0.25) is 4.84 Å². The van der Waals surface area contributed by atoms with E-state index in [4.69, 9.17) is 5.90 Å². The van der Waals surface area contributed by atoms with E-state index in [9.17, 15) is 0 Å². The van der Waals surface area contributed by atoms with Gasteiger partial charge in [0, 0.05) is 9.17 Å². The fourth-order valence-corrected chi connectivity index (χ4v) is 2.76. The maximum absolute atomic E-state index is 5.04. The first-order valence-electron chi connectivity index (χ1n) is 3.78. The van der Waals surface area contributed by atoms with Gasteiger partial charge >= 0.3 is 0 Å². The molecule has 2 rings (SSSR count). The van der Waals surface area contributed by atoms with Crippen LogP contribution >= 0.6 is 27.3 Å². The first-order chi connectivity index (χ1) is 6.31. The molecule has 0 spiro atoms. The average molecular weight is 258 g/mol. The molecule has 0 aliphatic carbocycles. The van der Waals surface area contributed by atoms with Crippen LogP contribution in [0.15, 0.2) is 28.1 Å². The zero-order valence-corrected chi connectivity index (χ0v) is 9.19. The zero-order chi connectivity index (χ0) is 9.26. The Bertz CT molecular complexity index is 426. The monoisotopic (exact) mass is 257 g/mol. The molecule has 0 saturated carbocycles. The van der Waals surface area contributed by atoms with Crippen molar-refractivity contribution in [3.8, 4) is 0 Å². The van der Waals surface area contributed by atoms with Gasteiger partial charge in [-0.15, -0.1) is 11.3 Å². The van der Waals surface area contributed by atoms with Crippen molar-refractivity contribution in [1.29, 1.82) is 0 Å². The highest BCUT2D eigenvalue weighted by Crippen LogP contribution is 2.28. The average Bonchev–Trinajstić information content (AvgIpc) is 2.49. The predicted molar refractivity (Wildman–Crippen MR) is 58.5 cm³/mol. The van der Waals surface area contributed by atoms with Crippen LogP contribution in [0.2, 0.25) is 0 Å². The number of nitrogens with two attached hydrogens (primary N) is 1. The summed E-state index contributed by atoms with van der Waals surface area (Å²) in [6, 6.07) is 6.19. The summed E-state index contributed by atoms with van der Waals surface area (Å²) in [4.78, 5) is 4.62. The van der Waals surface area contributed by atoms with E-state index in [2.05, 4.69) is 38.3 Å². The molecule has 1 heterocycles. The Morgan fingerprint density at radius 2 is 2.31 bits per heavy atom. The van der Waals surface area contributed by atoms with Crippen molar-refractivity contribution in [1.82, 2.24) is 0 Å². The molecule has 0 unspecified atom stereocenters. The third kappa shape index (κ3) is 1.76. The van der Waals surface area contributed by atoms with Gasteiger partial charge in [-0.2, -0.15) is 0 Å². The number of hydrogen-bond acceptors (Lipinski definition) is 3. The number of rotatable bonds is 2. The lowest BCUT2D eigenvalue weighted by atomic mass is 10.2. The second-order valence-corrected chi connectivity index (χ2v) is 4.54. The first-order valence-corrected chi connectivity index (χ1v) is 5.46. The highest BCUT2D eigenvalue weighted by molar-refractivity contribution is 9.10. The van der Waals surface area contributed by atoms with Crippen LogP contribution in [-0.2, 0) is 11.4 Å². The molecule has 68 valence electrons. The number of hydrogen-bond donors (Lipinski definition) is 1. The molecular weight excluding hydrogens is 250 g/mol. The Morgan fingerprint density at radius 3 is 3.08 bits per heavy atom. The molecule has 2 aromatic rings. The van der Waals surface area contributed by atoms with Crippen molar-refractivity contribution >= 4 is 37.4 Å². The van der Waals surface area contributed by atoms with E-state index in [-0.39, 0.29) is 0 Å². The van der Waals surface area contributed by atoms with Crippen molar-refractivity contribution in [2.75, 3.05) is 0 Å². The molecule has 1 aromatic carbocycles. The van der Waals surface area contributed by atoms with E-state index >= 15 is 0 Å². The van der Waals surface area contributed by atoms with Gasteiger partial charge in [0.05, 0.1) is 6.61 Å². The Hall–Kier alpha value is -0.420. The molecule has 0 bridgehead atoms. The topological polar surface area (TPSA) is 35.2 Å². The smallest absolute Gasteiger partial charge is 0.0944 e. The van der Waals surface area contributed by atoms with Crippen LogP contribution < -0.4 is 5.90 Å². The second kappa shape index (κ2) is 3.75. The maximum atomic E-state index is 5.04. The van der Waals surface area contributed by atoms with Gasteiger partial charge in [0.25, 0.3) is 0 Å². The van der Waals surface area contributed by atoms with Gasteiger partial charge in [0.1, 0.15) is 0 Å². The minimum atomic E-state index is 0.474. The summed E-state index contributed by atoms with van der Waals surface area (Å²) in [5, 5.41) is 3.29. The van der Waals surface area contributed by atoms with Gasteiger partial charge < -0.3 is 0 Å². The van der Waals surface area contributed by atoms with Gasteiger partial charge in [-0.25, -0.2) is 5.90 Å². The molecule has 0 fully saturated rings. The third-order valence-electron chi connectivity index (χ3n) is 1.86. The molecule has 0 atom stereocenters. The molecule has 2 N–H and O–H groups in total. The second-order valence-electron chi connectivity index (χ2n) is 2.71. The third-order valence-corrected chi connectivity index (χ3v) is 3.34. The Morgan fingerprint density at radius 1 is 1.46 bits per heavy atom. The minimum Gasteiger partial charge on any atom is -0.300 e. The zero-order valence-electron chi connectivity index (χ0n) is 6.79. The Balaban J connectivity index is 2.55. The Labute approximate surface area is 88.4 Å². The van der Waals surface area contributed by atoms with E-state index in [0.29, 0.717) is 6.61 Å². The molecule has 0 aliphatic heterocycles. The summed E-state index contributed by atoms with van der Waals surface area (Å²) in [6.07, 6.45) is 0. The fraction of sp³-hybridized carbons (Fsp3) is 0.111. The van der Waals surface area contributed by atoms with Crippen LogP contribution in [0, 0.1) is 0 Å². The van der Waals surface area contributed by atoms with Gasteiger partial charge in [0.15, 0.2) is 0 Å². The largest absolute Gasteiger partial charge is 0.300 e. The van der Waals surface area contributed by atoms with Crippen LogP contribution in [0.25, 0.3) is 10.1 Å². The highest BCUT2D eigenvalue weighted by atomic mass is 79.9. The van der Waals surface area contributed by atoms with E-state index in [0.717, 1.165) is 10.0 Å². The number of thiophene rings is 1. The van der Waals surface area contributed by atoms with Crippen LogP contribution in [0.1, 0.15) is 5.56 Å². The fourth-order valence-electron chi connectivity index (χ4n) is 1.26. The Kier molecular flexibility index (Phi) is 2.64. The van der Waals surface area contributed by atoms with E-state index in [1.54, 1.807) is 11.3 Å². The standard InChI is InChI=1S/C9H8BrNOS/c10-7-1-2-8-6(4-12-11)5-13-9(8)3-7/h1-3,5H,4,11H2. The van der Waals surface area contributed by atoms with Gasteiger partial charge in [-0.05, 0) is 28.5 Å². The van der Waals surface area contributed by atoms with Gasteiger partial charge in [-0.1, -0.05) is 22.0 Å². The lowest BCUT2D eigenvalue weighted by molar-refractivity contribution is 0.125. The van der Waals surface area contributed by atoms with E-state index < -0.39 is 0 Å². The molecule has 0 amide bonds. The van der Waals surface area contributed by atoms with Crippen LogP contribution in [0.3, 0.4) is 0 Å². The summed E-state index contributed by atoms with van der Waals surface area (Å²) in [5.41, 5.74) is 1.15. The van der Waals surface area contributed by atoms with Crippen molar-refractivity contribution in [3.05, 3.63) is 33.6 Å². The summed E-state index contributed by atoms with van der Waals surface area (Å²) >= 11 is 5.13. The van der Waals surface area contributed by atoms with E-state index in [1.807, 2.05) is 6.07 Å². The summed E-state index contributed by atoms with van der Waals surface area (Å²) in [6.45, 7) is 0.474. The highest BCUT2D eigenvalue weighted by Gasteiger charge is 2.03. The SMILES string of the molecule is NOCc1csc2cc(Br)ccc12. The van der Waals surface area contributed by atoms with Crippen molar-refractivity contribution in [2.45, 2.75) is 6.61 Å². The number of halogens is 1. The molecule has 2 nitrogen and oxygen atoms in total. The molecule has 1 aromatic heterocycles. The lowest BCUT2D eigenvalue weighted by Gasteiger charge is -1.96. The molecule has 0 aliphatic rings. The molecule has 4 heteroatoms. The quantitative estimate of drug-likeness (QED) is 0.840. The predicted octanol–water partition coefficient (Wildman–Crippen LogP) is 3.05. The number of fused-ring (bicyclic) bond motifs is 1. The van der Waals surface area contributed by atoms with Crippen molar-refractivity contribution in [2.24, 2.45) is 5.90 Å². The molecule has 0 saturated heterocycles. The summed E-state index contributed by atoms with van der Waals surface area (Å²) in [7, 11) is 0. The summed E-state index contributed by atoms with van der Waals surface area (Å²) < 4.78 is 2.35. The van der Waals surface area contributed by atoms with Crippen molar-refractivity contribution < 1.29 is 4.84 Å². The number of benzene rings is 1. The lowest BCUT2D eigenvalue weighted by Crippen LogP contribution is -1.97. The normalized spacial score (nSPS) is 10.9. The van der Waals surface area contributed by atoms with E-state index in [1.165, 1.54) is 10.1 Å². The molecule has 0 radical (unpaired) electrons. The maximum Gasteiger partial charge on any atom is 0.0944 e. The molecule has 13 heavy (non-hydrogen) atoms.